The summed E-state index contributed by atoms with van der Waals surface area (Å²) in [6.45, 7) is 2.00. The lowest BCUT2D eigenvalue weighted by molar-refractivity contribution is 0.0734. The van der Waals surface area contributed by atoms with Gasteiger partial charge >= 0.3 is 5.97 Å². The zero-order valence-electron chi connectivity index (χ0n) is 14.5. The van der Waals surface area contributed by atoms with E-state index in [9.17, 15) is 9.59 Å². The summed E-state index contributed by atoms with van der Waals surface area (Å²) in [6.07, 6.45) is 4.73. The second-order valence-corrected chi connectivity index (χ2v) is 6.13. The number of hydrogen-bond donors (Lipinski definition) is 0. The van der Waals surface area contributed by atoms with Gasteiger partial charge in [-0.3, -0.25) is 9.78 Å². The number of Topliss-reactive ketones (excluding diaryl/α,β-unsaturated/α-hetero) is 1. The maximum Gasteiger partial charge on any atom is 0.343 e. The number of allylic oxidation sites excluding steroid dienone is 1. The average molecular weight is 357 g/mol. The summed E-state index contributed by atoms with van der Waals surface area (Å²) in [5, 5.41) is 0. The minimum Gasteiger partial charge on any atom is -0.452 e. The van der Waals surface area contributed by atoms with Crippen molar-refractivity contribution in [2.24, 2.45) is 0 Å². The summed E-state index contributed by atoms with van der Waals surface area (Å²) in [5.41, 5.74) is 2.85. The Balaban J connectivity index is 1.55. The monoisotopic (exact) mass is 357 g/mol. The largest absolute Gasteiger partial charge is 0.452 e. The van der Waals surface area contributed by atoms with Crippen molar-refractivity contribution in [2.75, 3.05) is 0 Å². The first-order valence-corrected chi connectivity index (χ1v) is 8.37. The van der Waals surface area contributed by atoms with E-state index in [0.29, 0.717) is 22.6 Å². The highest BCUT2D eigenvalue weighted by atomic mass is 16.5. The van der Waals surface area contributed by atoms with Crippen LogP contribution in [0.3, 0.4) is 0 Å². The van der Waals surface area contributed by atoms with Crippen molar-refractivity contribution < 1.29 is 19.1 Å². The minimum atomic E-state index is -0.503. The Kier molecular flexibility index (Phi) is 4.26. The molecule has 0 N–H and O–H groups in total. The number of esters is 1. The lowest BCUT2D eigenvalue weighted by Gasteiger charge is -2.05. The van der Waals surface area contributed by atoms with E-state index >= 15 is 0 Å². The van der Waals surface area contributed by atoms with Crippen LogP contribution in [0.5, 0.6) is 11.5 Å². The number of ketones is 1. The molecule has 27 heavy (non-hydrogen) atoms. The molecule has 1 aliphatic heterocycles. The number of carbonyl (C=O) groups is 2. The van der Waals surface area contributed by atoms with Crippen molar-refractivity contribution in [3.8, 4) is 11.5 Å². The van der Waals surface area contributed by atoms with Crippen molar-refractivity contribution in [1.82, 2.24) is 4.98 Å². The molecule has 0 saturated heterocycles. The van der Waals surface area contributed by atoms with Crippen LogP contribution in [0.15, 0.2) is 72.8 Å². The maximum absolute atomic E-state index is 12.5. The normalized spacial score (nSPS) is 14.0. The number of carbonyl (C=O) groups excluding carboxylic acids is 2. The Morgan fingerprint density at radius 2 is 1.78 bits per heavy atom. The summed E-state index contributed by atoms with van der Waals surface area (Å²) < 4.78 is 11.0. The minimum absolute atomic E-state index is 0.197. The van der Waals surface area contributed by atoms with Crippen LogP contribution in [0.4, 0.5) is 0 Å². The van der Waals surface area contributed by atoms with Crippen LogP contribution in [-0.2, 0) is 0 Å². The van der Waals surface area contributed by atoms with Crippen molar-refractivity contribution in [1.29, 1.82) is 0 Å². The quantitative estimate of drug-likeness (QED) is 0.399. The lowest BCUT2D eigenvalue weighted by Crippen LogP contribution is -2.08. The summed E-state index contributed by atoms with van der Waals surface area (Å²) >= 11 is 0. The molecule has 0 radical (unpaired) electrons. The van der Waals surface area contributed by atoms with E-state index in [0.717, 1.165) is 11.1 Å². The third kappa shape index (κ3) is 3.48. The molecule has 0 spiro atoms. The van der Waals surface area contributed by atoms with Crippen molar-refractivity contribution in [2.45, 2.75) is 6.92 Å². The number of fused-ring (bicyclic) bond motifs is 1. The van der Waals surface area contributed by atoms with Crippen LogP contribution in [-0.4, -0.2) is 16.7 Å². The second-order valence-electron chi connectivity index (χ2n) is 6.13. The Labute approximate surface area is 155 Å². The fourth-order valence-corrected chi connectivity index (χ4v) is 2.70. The van der Waals surface area contributed by atoms with E-state index in [1.807, 2.05) is 31.2 Å². The number of nitrogens with zero attached hydrogens (tertiary/aromatic N) is 1. The molecule has 2 aromatic carbocycles. The van der Waals surface area contributed by atoms with Gasteiger partial charge < -0.3 is 9.47 Å². The fourth-order valence-electron chi connectivity index (χ4n) is 2.70. The zero-order chi connectivity index (χ0) is 18.8. The van der Waals surface area contributed by atoms with Crippen LogP contribution >= 0.6 is 0 Å². The molecule has 5 heteroatoms. The molecule has 0 fully saturated rings. The fraction of sp³-hybridized carbons (Fsp3) is 0.0455. The highest BCUT2D eigenvalue weighted by molar-refractivity contribution is 6.14. The van der Waals surface area contributed by atoms with Crippen LogP contribution in [0.1, 0.15) is 31.8 Å². The van der Waals surface area contributed by atoms with E-state index in [-0.39, 0.29) is 11.5 Å². The molecule has 1 aliphatic rings. The molecule has 2 heterocycles. The van der Waals surface area contributed by atoms with Gasteiger partial charge in [-0.15, -0.1) is 0 Å². The molecule has 5 nitrogen and oxygen atoms in total. The van der Waals surface area contributed by atoms with Crippen molar-refractivity contribution >= 4 is 17.8 Å². The molecule has 1 aromatic heterocycles. The molecule has 0 aliphatic carbocycles. The number of hydrogen-bond acceptors (Lipinski definition) is 5. The van der Waals surface area contributed by atoms with Crippen LogP contribution < -0.4 is 9.47 Å². The van der Waals surface area contributed by atoms with Gasteiger partial charge in [-0.25, -0.2) is 4.79 Å². The topological polar surface area (TPSA) is 65.5 Å². The Hall–Kier alpha value is -3.73. The average Bonchev–Trinajstić information content (AvgIpc) is 2.99. The maximum atomic E-state index is 12.5. The second kappa shape index (κ2) is 6.88. The molecular formula is C22H15NO4. The van der Waals surface area contributed by atoms with Gasteiger partial charge in [0.25, 0.3) is 0 Å². The number of ether oxygens (including phenoxy) is 2. The smallest absolute Gasteiger partial charge is 0.343 e. The van der Waals surface area contributed by atoms with Gasteiger partial charge in [-0.05, 0) is 42.8 Å². The van der Waals surface area contributed by atoms with Crippen LogP contribution in [0, 0.1) is 6.92 Å². The van der Waals surface area contributed by atoms with Gasteiger partial charge in [0.05, 0.1) is 11.1 Å². The summed E-state index contributed by atoms with van der Waals surface area (Å²) in [5.74, 6) is 0.222. The zero-order valence-corrected chi connectivity index (χ0v) is 14.5. The first kappa shape index (κ1) is 16.7. The van der Waals surface area contributed by atoms with E-state index < -0.39 is 5.97 Å². The predicted octanol–water partition coefficient (Wildman–Crippen LogP) is 4.23. The van der Waals surface area contributed by atoms with Gasteiger partial charge in [-0.1, -0.05) is 29.8 Å². The number of benzene rings is 2. The molecule has 4 rings (SSSR count). The van der Waals surface area contributed by atoms with Gasteiger partial charge in [0.1, 0.15) is 11.5 Å². The Morgan fingerprint density at radius 3 is 2.52 bits per heavy atom. The molecule has 0 bridgehead atoms. The van der Waals surface area contributed by atoms with E-state index in [1.54, 1.807) is 36.4 Å². The predicted molar refractivity (Wildman–Crippen MR) is 99.8 cm³/mol. The number of aryl methyl sites for hydroxylation is 1. The molecule has 3 aromatic rings. The van der Waals surface area contributed by atoms with Crippen molar-refractivity contribution in [3.05, 3.63) is 95.0 Å². The standard InChI is InChI=1S/C22H15NO4/c1-14-2-4-15(5-3-14)12-20-21(24)18-7-6-17(13-19(18)27-20)26-22(25)16-8-10-23-11-9-16/h2-13H,1H3/b20-12-. The SMILES string of the molecule is Cc1ccc(/C=C2\Oc3cc(OC(=O)c4ccncc4)ccc3C2=O)cc1. The number of aromatic nitrogens is 1. The summed E-state index contributed by atoms with van der Waals surface area (Å²) in [4.78, 5) is 28.5. The highest BCUT2D eigenvalue weighted by Gasteiger charge is 2.28. The van der Waals surface area contributed by atoms with Gasteiger partial charge in [0.2, 0.25) is 5.78 Å². The van der Waals surface area contributed by atoms with Gasteiger partial charge in [0, 0.05) is 18.5 Å². The van der Waals surface area contributed by atoms with Crippen LogP contribution in [0.25, 0.3) is 6.08 Å². The van der Waals surface area contributed by atoms with Crippen molar-refractivity contribution in [3.63, 3.8) is 0 Å². The highest BCUT2D eigenvalue weighted by Crippen LogP contribution is 2.35. The molecule has 0 saturated carbocycles. The van der Waals surface area contributed by atoms with E-state index in [2.05, 4.69) is 4.98 Å². The third-order valence-electron chi connectivity index (χ3n) is 4.14. The third-order valence-corrected chi connectivity index (χ3v) is 4.14. The molecular weight excluding hydrogens is 342 g/mol. The number of pyridine rings is 1. The molecule has 132 valence electrons. The summed E-state index contributed by atoms with van der Waals surface area (Å²) in [6, 6.07) is 15.6. The van der Waals surface area contributed by atoms with Gasteiger partial charge in [0.15, 0.2) is 5.76 Å². The molecule has 0 atom stereocenters. The first-order chi connectivity index (χ1) is 13.1. The van der Waals surface area contributed by atoms with Crippen LogP contribution in [0.2, 0.25) is 0 Å². The first-order valence-electron chi connectivity index (χ1n) is 8.37. The summed E-state index contributed by atoms with van der Waals surface area (Å²) in [7, 11) is 0. The number of rotatable bonds is 3. The lowest BCUT2D eigenvalue weighted by atomic mass is 10.1. The van der Waals surface area contributed by atoms with E-state index in [1.165, 1.54) is 12.4 Å². The van der Waals surface area contributed by atoms with Gasteiger partial charge in [-0.2, -0.15) is 0 Å². The van der Waals surface area contributed by atoms with E-state index in [4.69, 9.17) is 9.47 Å². The molecule has 0 unspecified atom stereocenters. The molecule has 0 amide bonds. The Morgan fingerprint density at radius 1 is 1.04 bits per heavy atom. The Bertz CT molecular complexity index is 1050.